The number of oxime groups is 1. The van der Waals surface area contributed by atoms with Crippen LogP contribution in [-0.2, 0) is 16.3 Å². The molecule has 0 unspecified atom stereocenters. The van der Waals surface area contributed by atoms with Crippen LogP contribution in [0.4, 0.5) is 0 Å². The molecule has 0 aromatic heterocycles. The minimum Gasteiger partial charge on any atom is -0.357 e. The zero-order chi connectivity index (χ0) is 15.6. The Kier molecular flexibility index (Phi) is 6.48. The predicted octanol–water partition coefficient (Wildman–Crippen LogP) is 4.51. The largest absolute Gasteiger partial charge is 0.357 e. The van der Waals surface area contributed by atoms with Crippen molar-refractivity contribution >= 4 is 16.9 Å². The Bertz CT molecular complexity index is 588. The van der Waals surface area contributed by atoms with Crippen LogP contribution in [0.1, 0.15) is 12.5 Å². The Morgan fingerprint density at radius 3 is 2.14 bits per heavy atom. The summed E-state index contributed by atoms with van der Waals surface area (Å²) in [4.78, 5) is 10.3. The van der Waals surface area contributed by atoms with E-state index in [2.05, 4.69) is 5.16 Å². The van der Waals surface area contributed by atoms with Crippen LogP contribution in [-0.4, -0.2) is 10.4 Å². The zero-order valence-corrected chi connectivity index (χ0v) is 13.0. The third kappa shape index (κ3) is 5.60. The van der Waals surface area contributed by atoms with E-state index in [-0.39, 0.29) is 5.29 Å². The second kappa shape index (κ2) is 8.87. The van der Waals surface area contributed by atoms with Crippen LogP contribution in [0.15, 0.2) is 83.8 Å². The number of benzene rings is 2. The molecule has 3 rings (SSSR count). The van der Waals surface area contributed by atoms with E-state index in [0.717, 1.165) is 5.56 Å². The Hall–Kier alpha value is -2.30. The maximum atomic E-state index is 5.80. The number of amidine groups is 1. The number of nitrogens with zero attached hydrogens (tertiary/aromatic N) is 2. The van der Waals surface area contributed by atoms with Gasteiger partial charge in [-0.2, -0.15) is 5.06 Å². The fourth-order valence-corrected chi connectivity index (χ4v) is 1.72. The van der Waals surface area contributed by atoms with Crippen LogP contribution < -0.4 is 0 Å². The first-order valence-electron chi connectivity index (χ1n) is 6.81. The SMILES string of the molecule is CC1=CN(OCc2ccccc2)C(Cl)=NO1.c1ccccc1. The third-order valence-electron chi connectivity index (χ3n) is 2.63. The third-order valence-corrected chi connectivity index (χ3v) is 2.86. The highest BCUT2D eigenvalue weighted by atomic mass is 35.5. The van der Waals surface area contributed by atoms with Crippen LogP contribution in [0.25, 0.3) is 0 Å². The van der Waals surface area contributed by atoms with Crippen LogP contribution in [0.3, 0.4) is 0 Å². The van der Waals surface area contributed by atoms with Gasteiger partial charge < -0.3 is 4.84 Å². The Balaban J connectivity index is 0.000000246. The van der Waals surface area contributed by atoms with E-state index < -0.39 is 0 Å². The summed E-state index contributed by atoms with van der Waals surface area (Å²) in [7, 11) is 0. The smallest absolute Gasteiger partial charge is 0.265 e. The summed E-state index contributed by atoms with van der Waals surface area (Å²) < 4.78 is 0. The van der Waals surface area contributed by atoms with Crippen LogP contribution in [0, 0.1) is 0 Å². The fraction of sp³-hybridized carbons (Fsp3) is 0.118. The first kappa shape index (κ1) is 16.1. The molecule has 1 aliphatic rings. The van der Waals surface area contributed by atoms with Crippen LogP contribution in [0.2, 0.25) is 0 Å². The lowest BCUT2D eigenvalue weighted by atomic mass is 10.2. The van der Waals surface area contributed by atoms with Crippen molar-refractivity contribution < 1.29 is 9.68 Å². The first-order chi connectivity index (χ1) is 10.8. The van der Waals surface area contributed by atoms with Crippen molar-refractivity contribution in [3.05, 3.63) is 84.3 Å². The van der Waals surface area contributed by atoms with Crippen molar-refractivity contribution in [2.45, 2.75) is 13.5 Å². The summed E-state index contributed by atoms with van der Waals surface area (Å²) >= 11 is 5.80. The molecule has 0 aliphatic carbocycles. The van der Waals surface area contributed by atoms with E-state index >= 15 is 0 Å². The molecule has 5 heteroatoms. The molecule has 0 saturated carbocycles. The number of allylic oxidation sites excluding steroid dienone is 1. The first-order valence-corrected chi connectivity index (χ1v) is 7.18. The van der Waals surface area contributed by atoms with Crippen molar-refractivity contribution in [3.63, 3.8) is 0 Å². The summed E-state index contributed by atoms with van der Waals surface area (Å²) in [5.74, 6) is 0.623. The summed E-state index contributed by atoms with van der Waals surface area (Å²) in [5, 5.41) is 5.16. The standard InChI is InChI=1S/C11H11ClN2O2.C6H6/c1-9-7-14(11(12)13-16-9)15-8-10-5-3-2-4-6-10;1-2-4-6-5-3-1/h2-7H,8H2,1H3;1-6H. The van der Waals surface area contributed by atoms with E-state index in [1.165, 1.54) is 5.06 Å². The van der Waals surface area contributed by atoms with E-state index in [1.807, 2.05) is 66.7 Å². The monoisotopic (exact) mass is 316 g/mol. The van der Waals surface area contributed by atoms with Gasteiger partial charge in [0.25, 0.3) is 5.29 Å². The van der Waals surface area contributed by atoms with Gasteiger partial charge in [-0.05, 0) is 29.2 Å². The average Bonchev–Trinajstić information content (AvgIpc) is 2.59. The highest BCUT2D eigenvalue weighted by molar-refractivity contribution is 6.64. The molecule has 0 radical (unpaired) electrons. The average molecular weight is 317 g/mol. The van der Waals surface area contributed by atoms with Crippen molar-refractivity contribution in [2.24, 2.45) is 5.16 Å². The van der Waals surface area contributed by atoms with Crippen molar-refractivity contribution in [3.8, 4) is 0 Å². The van der Waals surface area contributed by atoms with Gasteiger partial charge >= 0.3 is 0 Å². The summed E-state index contributed by atoms with van der Waals surface area (Å²) in [6.07, 6.45) is 1.64. The molecule has 2 aromatic rings. The van der Waals surface area contributed by atoms with E-state index in [1.54, 1.807) is 13.1 Å². The van der Waals surface area contributed by atoms with Gasteiger partial charge in [-0.25, -0.2) is 0 Å². The number of halogens is 1. The zero-order valence-electron chi connectivity index (χ0n) is 12.2. The molecule has 114 valence electrons. The Labute approximate surface area is 135 Å². The molecule has 1 aliphatic heterocycles. The molecule has 22 heavy (non-hydrogen) atoms. The van der Waals surface area contributed by atoms with Gasteiger partial charge in [0.05, 0.1) is 6.20 Å². The molecule has 0 bridgehead atoms. The molecule has 0 saturated heterocycles. The topological polar surface area (TPSA) is 34.1 Å². The summed E-state index contributed by atoms with van der Waals surface area (Å²) in [5.41, 5.74) is 1.06. The van der Waals surface area contributed by atoms with Gasteiger partial charge in [-0.15, -0.1) is 0 Å². The van der Waals surface area contributed by atoms with E-state index in [9.17, 15) is 0 Å². The summed E-state index contributed by atoms with van der Waals surface area (Å²) in [6, 6.07) is 21.8. The van der Waals surface area contributed by atoms with Crippen LogP contribution >= 0.6 is 11.6 Å². The predicted molar refractivity (Wildman–Crippen MR) is 87.6 cm³/mol. The molecule has 0 spiro atoms. The second-order valence-corrected chi connectivity index (χ2v) is 4.77. The maximum Gasteiger partial charge on any atom is 0.265 e. The number of hydrogen-bond acceptors (Lipinski definition) is 4. The van der Waals surface area contributed by atoms with Gasteiger partial charge in [0.15, 0.2) is 5.76 Å². The lowest BCUT2D eigenvalue weighted by Crippen LogP contribution is -2.25. The Morgan fingerprint density at radius 2 is 1.55 bits per heavy atom. The lowest BCUT2D eigenvalue weighted by molar-refractivity contribution is -0.0811. The molecule has 4 nitrogen and oxygen atoms in total. The molecule has 0 amide bonds. The fourth-order valence-electron chi connectivity index (χ4n) is 1.59. The van der Waals surface area contributed by atoms with Crippen molar-refractivity contribution in [1.29, 1.82) is 0 Å². The minimum atomic E-state index is 0.154. The molecule has 0 fully saturated rings. The highest BCUT2D eigenvalue weighted by Gasteiger charge is 2.13. The molecule has 2 aromatic carbocycles. The molecule has 0 N–H and O–H groups in total. The van der Waals surface area contributed by atoms with Gasteiger partial charge in [0.2, 0.25) is 0 Å². The van der Waals surface area contributed by atoms with Gasteiger partial charge in [0, 0.05) is 0 Å². The minimum absolute atomic E-state index is 0.154. The number of hydroxylamine groups is 2. The normalized spacial score (nSPS) is 13.3. The highest BCUT2D eigenvalue weighted by Crippen LogP contribution is 2.13. The van der Waals surface area contributed by atoms with Gasteiger partial charge in [-0.3, -0.25) is 4.84 Å². The number of hydrogen-bond donors (Lipinski definition) is 0. The van der Waals surface area contributed by atoms with Gasteiger partial charge in [-0.1, -0.05) is 66.7 Å². The number of rotatable bonds is 3. The summed E-state index contributed by atoms with van der Waals surface area (Å²) in [6.45, 7) is 2.20. The molecular weight excluding hydrogens is 300 g/mol. The van der Waals surface area contributed by atoms with Crippen LogP contribution in [0.5, 0.6) is 0 Å². The second-order valence-electron chi connectivity index (χ2n) is 4.43. The lowest BCUT2D eigenvalue weighted by Gasteiger charge is -2.20. The Morgan fingerprint density at radius 1 is 1.00 bits per heavy atom. The van der Waals surface area contributed by atoms with Gasteiger partial charge in [0.1, 0.15) is 6.61 Å². The van der Waals surface area contributed by atoms with E-state index in [4.69, 9.17) is 21.3 Å². The molecular formula is C17H17ClN2O2. The quantitative estimate of drug-likeness (QED) is 0.781. The maximum absolute atomic E-state index is 5.80. The van der Waals surface area contributed by atoms with Crippen molar-refractivity contribution in [2.75, 3.05) is 0 Å². The molecule has 0 atom stereocenters. The van der Waals surface area contributed by atoms with E-state index in [0.29, 0.717) is 12.4 Å². The van der Waals surface area contributed by atoms with Crippen molar-refractivity contribution in [1.82, 2.24) is 5.06 Å². The molecule has 1 heterocycles.